The van der Waals surface area contributed by atoms with Crippen LogP contribution in [0.3, 0.4) is 0 Å². The minimum atomic E-state index is -1.04. The van der Waals surface area contributed by atoms with Gasteiger partial charge in [0.05, 0.1) is 5.01 Å². The molecule has 0 unspecified atom stereocenters. The van der Waals surface area contributed by atoms with E-state index in [1.807, 2.05) is 0 Å². The number of thiazole rings is 1. The Morgan fingerprint density at radius 2 is 2.25 bits per heavy atom. The maximum Gasteiger partial charge on any atom is 0.355 e. The number of nitrogens with one attached hydrogen (secondary N) is 1. The van der Waals surface area contributed by atoms with E-state index in [0.29, 0.717) is 29.4 Å². The third-order valence-electron chi connectivity index (χ3n) is 3.73. The van der Waals surface area contributed by atoms with E-state index in [0.717, 1.165) is 12.8 Å². The molecule has 8 heteroatoms. The molecule has 0 atom stereocenters. The Labute approximate surface area is 142 Å². The lowest BCUT2D eigenvalue weighted by molar-refractivity contribution is 0.0690. The van der Waals surface area contributed by atoms with Gasteiger partial charge in [-0.05, 0) is 25.3 Å². The molecular formula is C16H17N3O4S. The number of carbonyl (C=O) groups is 2. The molecule has 1 amide bonds. The quantitative estimate of drug-likeness (QED) is 0.796. The van der Waals surface area contributed by atoms with Crippen molar-refractivity contribution in [2.24, 2.45) is 0 Å². The summed E-state index contributed by atoms with van der Waals surface area (Å²) in [6.45, 7) is 0.381. The molecule has 126 valence electrons. The number of hydrogen-bond acceptors (Lipinski definition) is 6. The Kier molecular flexibility index (Phi) is 5.05. The zero-order valence-corrected chi connectivity index (χ0v) is 13.7. The number of hydrogen-bond donors (Lipinski definition) is 2. The lowest BCUT2D eigenvalue weighted by Gasteiger charge is -2.25. The van der Waals surface area contributed by atoms with Crippen molar-refractivity contribution in [1.29, 1.82) is 0 Å². The van der Waals surface area contributed by atoms with Crippen molar-refractivity contribution in [2.75, 3.05) is 6.54 Å². The van der Waals surface area contributed by atoms with Crippen molar-refractivity contribution in [3.05, 3.63) is 40.0 Å². The van der Waals surface area contributed by atoms with Gasteiger partial charge < -0.3 is 15.2 Å². The summed E-state index contributed by atoms with van der Waals surface area (Å²) in [4.78, 5) is 31.0. The zero-order chi connectivity index (χ0) is 16.9. The first kappa shape index (κ1) is 16.4. The Bertz CT molecular complexity index is 742. The second-order valence-electron chi connectivity index (χ2n) is 5.49. The fourth-order valence-electron chi connectivity index (χ4n) is 2.18. The summed E-state index contributed by atoms with van der Waals surface area (Å²) in [5.74, 6) is -0.790. The molecule has 2 N–H and O–H groups in total. The fourth-order valence-corrected chi connectivity index (χ4v) is 2.96. The van der Waals surface area contributed by atoms with Crippen LogP contribution in [0.1, 0.15) is 45.1 Å². The smallest absolute Gasteiger partial charge is 0.355 e. The summed E-state index contributed by atoms with van der Waals surface area (Å²) in [7, 11) is 0. The normalized spacial score (nSPS) is 14.0. The van der Waals surface area contributed by atoms with Crippen molar-refractivity contribution in [3.63, 3.8) is 0 Å². The van der Waals surface area contributed by atoms with Crippen molar-refractivity contribution >= 4 is 23.2 Å². The number of pyridine rings is 1. The van der Waals surface area contributed by atoms with Crippen LogP contribution < -0.4 is 10.1 Å². The Morgan fingerprint density at radius 3 is 2.92 bits per heavy atom. The van der Waals surface area contributed by atoms with Crippen molar-refractivity contribution < 1.29 is 19.4 Å². The van der Waals surface area contributed by atoms with E-state index < -0.39 is 5.97 Å². The third-order valence-corrected chi connectivity index (χ3v) is 4.64. The van der Waals surface area contributed by atoms with Crippen molar-refractivity contribution in [2.45, 2.75) is 31.8 Å². The first-order valence-corrected chi connectivity index (χ1v) is 8.58. The van der Waals surface area contributed by atoms with E-state index in [9.17, 15) is 9.59 Å². The van der Waals surface area contributed by atoms with E-state index in [1.165, 1.54) is 23.1 Å². The standard InChI is InChI=1S/C16H17N3O4S/c20-15(18-7-5-14-19-12(9-24-14)16(21)22)10-4-6-17-13(8-10)23-11-2-1-3-11/h4,6,8-9,11H,1-3,5,7H2,(H,18,20)(H,21,22). The summed E-state index contributed by atoms with van der Waals surface area (Å²) in [5, 5.41) is 13.8. The molecule has 0 aliphatic heterocycles. The molecule has 1 saturated carbocycles. The molecule has 24 heavy (non-hydrogen) atoms. The highest BCUT2D eigenvalue weighted by Gasteiger charge is 2.20. The van der Waals surface area contributed by atoms with Gasteiger partial charge in [-0.1, -0.05) is 0 Å². The number of carboxylic acids is 1. The zero-order valence-electron chi connectivity index (χ0n) is 12.9. The molecule has 0 saturated heterocycles. The van der Waals surface area contributed by atoms with Gasteiger partial charge in [0.2, 0.25) is 5.88 Å². The maximum atomic E-state index is 12.2. The van der Waals surface area contributed by atoms with Gasteiger partial charge in [-0.2, -0.15) is 0 Å². The molecule has 2 heterocycles. The average Bonchev–Trinajstić information content (AvgIpc) is 3.00. The van der Waals surface area contributed by atoms with Gasteiger partial charge >= 0.3 is 5.97 Å². The second-order valence-corrected chi connectivity index (χ2v) is 6.43. The van der Waals surface area contributed by atoms with Crippen LogP contribution in [-0.2, 0) is 6.42 Å². The third kappa shape index (κ3) is 4.08. The van der Waals surface area contributed by atoms with Crippen LogP contribution in [0.4, 0.5) is 0 Å². The molecule has 1 aliphatic rings. The highest BCUT2D eigenvalue weighted by Crippen LogP contribution is 2.24. The number of amides is 1. The molecule has 3 rings (SSSR count). The van der Waals surface area contributed by atoms with Crippen LogP contribution in [-0.4, -0.2) is 39.6 Å². The van der Waals surface area contributed by atoms with Gasteiger partial charge in [-0.15, -0.1) is 11.3 Å². The van der Waals surface area contributed by atoms with Gasteiger partial charge in [0.1, 0.15) is 6.10 Å². The van der Waals surface area contributed by atoms with Crippen molar-refractivity contribution in [3.8, 4) is 5.88 Å². The fraction of sp³-hybridized carbons (Fsp3) is 0.375. The highest BCUT2D eigenvalue weighted by molar-refractivity contribution is 7.09. The molecule has 2 aromatic rings. The SMILES string of the molecule is O=C(NCCc1nc(C(=O)O)cs1)c1ccnc(OC2CCC2)c1. The molecule has 0 bridgehead atoms. The van der Waals surface area contributed by atoms with E-state index >= 15 is 0 Å². The van der Waals surface area contributed by atoms with E-state index in [2.05, 4.69) is 15.3 Å². The molecule has 1 aliphatic carbocycles. The van der Waals surface area contributed by atoms with E-state index in [4.69, 9.17) is 9.84 Å². The number of aromatic carboxylic acids is 1. The maximum absolute atomic E-state index is 12.2. The van der Waals surface area contributed by atoms with Crippen LogP contribution in [0, 0.1) is 0 Å². The molecule has 0 radical (unpaired) electrons. The summed E-state index contributed by atoms with van der Waals surface area (Å²) < 4.78 is 5.69. The molecule has 0 spiro atoms. The predicted molar refractivity (Wildman–Crippen MR) is 87.6 cm³/mol. The van der Waals surface area contributed by atoms with Crippen LogP contribution in [0.25, 0.3) is 0 Å². The van der Waals surface area contributed by atoms with Gasteiger partial charge in [0.15, 0.2) is 5.69 Å². The summed E-state index contributed by atoms with van der Waals surface area (Å²) >= 11 is 1.27. The minimum Gasteiger partial charge on any atom is -0.476 e. The number of rotatable bonds is 7. The lowest BCUT2D eigenvalue weighted by Crippen LogP contribution is -2.27. The Morgan fingerprint density at radius 1 is 1.42 bits per heavy atom. The van der Waals surface area contributed by atoms with E-state index in [-0.39, 0.29) is 17.7 Å². The van der Waals surface area contributed by atoms with Crippen LogP contribution in [0.2, 0.25) is 0 Å². The monoisotopic (exact) mass is 347 g/mol. The number of nitrogens with zero attached hydrogens (tertiary/aromatic N) is 2. The van der Waals surface area contributed by atoms with Gasteiger partial charge in [-0.3, -0.25) is 4.79 Å². The second kappa shape index (κ2) is 7.39. The lowest BCUT2D eigenvalue weighted by atomic mass is 9.96. The van der Waals surface area contributed by atoms with Crippen LogP contribution in [0.15, 0.2) is 23.7 Å². The van der Waals surface area contributed by atoms with Gasteiger partial charge in [0, 0.05) is 36.2 Å². The molecule has 0 aromatic carbocycles. The van der Waals surface area contributed by atoms with Crippen molar-refractivity contribution in [1.82, 2.24) is 15.3 Å². The van der Waals surface area contributed by atoms with E-state index in [1.54, 1.807) is 18.3 Å². The molecule has 2 aromatic heterocycles. The highest BCUT2D eigenvalue weighted by atomic mass is 32.1. The molecule has 1 fully saturated rings. The van der Waals surface area contributed by atoms with Gasteiger partial charge in [-0.25, -0.2) is 14.8 Å². The number of ether oxygens (including phenoxy) is 1. The number of carbonyl (C=O) groups excluding carboxylic acids is 1. The number of carboxylic acid groups (broad SMARTS) is 1. The average molecular weight is 347 g/mol. The van der Waals surface area contributed by atoms with Crippen LogP contribution in [0.5, 0.6) is 5.88 Å². The topological polar surface area (TPSA) is 101 Å². The predicted octanol–water partition coefficient (Wildman–Crippen LogP) is 2.14. The summed E-state index contributed by atoms with van der Waals surface area (Å²) in [6, 6.07) is 3.27. The first-order valence-electron chi connectivity index (χ1n) is 7.70. The van der Waals surface area contributed by atoms with Crippen LogP contribution >= 0.6 is 11.3 Å². The molecular weight excluding hydrogens is 330 g/mol. The number of aromatic nitrogens is 2. The Hall–Kier alpha value is -2.48. The first-order chi connectivity index (χ1) is 11.6. The minimum absolute atomic E-state index is 0.0354. The largest absolute Gasteiger partial charge is 0.476 e. The Balaban J connectivity index is 1.50. The molecule has 7 nitrogen and oxygen atoms in total. The summed E-state index contributed by atoms with van der Waals surface area (Å²) in [5.41, 5.74) is 0.526. The van der Waals surface area contributed by atoms with Gasteiger partial charge in [0.25, 0.3) is 5.91 Å². The summed E-state index contributed by atoms with van der Waals surface area (Å²) in [6.07, 6.45) is 5.49.